The van der Waals surface area contributed by atoms with Crippen molar-refractivity contribution in [3.05, 3.63) is 59.0 Å². The van der Waals surface area contributed by atoms with Gasteiger partial charge in [0.2, 0.25) is 10.0 Å². The van der Waals surface area contributed by atoms with E-state index in [-0.39, 0.29) is 10.6 Å². The van der Waals surface area contributed by atoms with Crippen molar-refractivity contribution in [3.63, 3.8) is 0 Å². The summed E-state index contributed by atoms with van der Waals surface area (Å²) in [6.45, 7) is 2.81. The van der Waals surface area contributed by atoms with Gasteiger partial charge in [0.25, 0.3) is 5.91 Å². The third kappa shape index (κ3) is 3.50. The Kier molecular flexibility index (Phi) is 4.86. The molecule has 1 fully saturated rings. The first kappa shape index (κ1) is 18.9. The highest BCUT2D eigenvalue weighted by Gasteiger charge is 2.28. The number of pyridine rings is 1. The number of amides is 1. The van der Waals surface area contributed by atoms with Gasteiger partial charge in [-0.3, -0.25) is 4.79 Å². The van der Waals surface area contributed by atoms with Gasteiger partial charge < -0.3 is 9.72 Å². The molecule has 0 unspecified atom stereocenters. The molecule has 3 aromatic rings. The minimum absolute atomic E-state index is 0.215. The Morgan fingerprint density at radius 1 is 1.14 bits per heavy atom. The number of rotatable bonds is 4. The second-order valence-electron chi connectivity index (χ2n) is 6.78. The Bertz CT molecular complexity index is 1170. The molecule has 146 valence electrons. The van der Waals surface area contributed by atoms with E-state index < -0.39 is 15.9 Å². The smallest absolute Gasteiger partial charge is 0.275 e. The highest BCUT2D eigenvalue weighted by Crippen LogP contribution is 2.26. The minimum atomic E-state index is -3.57. The summed E-state index contributed by atoms with van der Waals surface area (Å²) < 4.78 is 29.0. The van der Waals surface area contributed by atoms with Crippen LogP contribution in [0.25, 0.3) is 5.65 Å². The first-order valence-corrected chi connectivity index (χ1v) is 10.7. The van der Waals surface area contributed by atoms with E-state index in [0.717, 1.165) is 12.8 Å². The lowest BCUT2D eigenvalue weighted by Crippen LogP contribution is -2.28. The van der Waals surface area contributed by atoms with Crippen LogP contribution in [0.2, 0.25) is 5.02 Å². The molecule has 3 heterocycles. The maximum absolute atomic E-state index is 12.9. The molecule has 1 aromatic carbocycles. The van der Waals surface area contributed by atoms with Gasteiger partial charge in [-0.1, -0.05) is 17.7 Å². The fourth-order valence-electron chi connectivity index (χ4n) is 3.29. The van der Waals surface area contributed by atoms with Crippen molar-refractivity contribution in [1.82, 2.24) is 13.7 Å². The van der Waals surface area contributed by atoms with Gasteiger partial charge in [0.05, 0.1) is 9.92 Å². The lowest BCUT2D eigenvalue weighted by molar-refractivity contribution is 0.102. The van der Waals surface area contributed by atoms with Gasteiger partial charge in [-0.2, -0.15) is 4.31 Å². The van der Waals surface area contributed by atoms with Gasteiger partial charge in [0.15, 0.2) is 0 Å². The maximum Gasteiger partial charge on any atom is 0.275 e. The van der Waals surface area contributed by atoms with Crippen LogP contribution in [0.15, 0.2) is 47.6 Å². The zero-order chi connectivity index (χ0) is 19.9. The molecule has 2 aromatic heterocycles. The molecule has 1 aliphatic rings. The molecule has 0 bridgehead atoms. The van der Waals surface area contributed by atoms with E-state index in [4.69, 9.17) is 11.6 Å². The quantitative estimate of drug-likeness (QED) is 0.704. The lowest BCUT2D eigenvalue weighted by Gasteiger charge is -2.18. The van der Waals surface area contributed by atoms with Crippen molar-refractivity contribution in [2.75, 3.05) is 18.4 Å². The van der Waals surface area contributed by atoms with E-state index >= 15 is 0 Å². The molecule has 28 heavy (non-hydrogen) atoms. The molecule has 1 amide bonds. The number of hydrogen-bond acceptors (Lipinski definition) is 4. The number of nitrogens with zero attached hydrogens (tertiary/aromatic N) is 3. The normalized spacial score (nSPS) is 15.2. The van der Waals surface area contributed by atoms with Crippen molar-refractivity contribution in [3.8, 4) is 0 Å². The van der Waals surface area contributed by atoms with Crippen LogP contribution in [0.5, 0.6) is 0 Å². The summed E-state index contributed by atoms with van der Waals surface area (Å²) in [5, 5.41) is 3.27. The van der Waals surface area contributed by atoms with Crippen LogP contribution < -0.4 is 5.32 Å². The van der Waals surface area contributed by atoms with Gasteiger partial charge in [-0.15, -0.1) is 0 Å². The molecule has 0 saturated carbocycles. The molecule has 0 radical (unpaired) electrons. The van der Waals surface area contributed by atoms with Crippen molar-refractivity contribution in [2.24, 2.45) is 0 Å². The Morgan fingerprint density at radius 2 is 1.89 bits per heavy atom. The van der Waals surface area contributed by atoms with Crippen molar-refractivity contribution < 1.29 is 13.2 Å². The monoisotopic (exact) mass is 418 g/mol. The number of benzene rings is 1. The van der Waals surface area contributed by atoms with Crippen LogP contribution in [0, 0.1) is 6.92 Å². The molecule has 7 nitrogen and oxygen atoms in total. The van der Waals surface area contributed by atoms with Gasteiger partial charge in [-0.25, -0.2) is 13.4 Å². The molecule has 1 N–H and O–H groups in total. The van der Waals surface area contributed by atoms with Gasteiger partial charge >= 0.3 is 0 Å². The SMILES string of the molecule is Cc1ccc(NC(=O)c2cn3cc(Cl)ccc3n2)cc1S(=O)(=O)N1CCCC1. The Hall–Kier alpha value is -2.42. The average Bonchev–Trinajstić information content (AvgIpc) is 3.32. The number of halogens is 1. The predicted molar refractivity (Wildman–Crippen MR) is 107 cm³/mol. The highest BCUT2D eigenvalue weighted by molar-refractivity contribution is 7.89. The van der Waals surface area contributed by atoms with E-state index in [1.807, 2.05) is 0 Å². The zero-order valence-electron chi connectivity index (χ0n) is 15.2. The summed E-state index contributed by atoms with van der Waals surface area (Å²) in [7, 11) is -3.57. The molecule has 4 rings (SSSR count). The largest absolute Gasteiger partial charge is 0.321 e. The maximum atomic E-state index is 12.9. The molecule has 1 saturated heterocycles. The number of fused-ring (bicyclic) bond motifs is 1. The third-order valence-electron chi connectivity index (χ3n) is 4.78. The molecule has 0 atom stereocenters. The van der Waals surface area contributed by atoms with Crippen molar-refractivity contribution in [2.45, 2.75) is 24.7 Å². The van der Waals surface area contributed by atoms with Crippen LogP contribution in [0.3, 0.4) is 0 Å². The van der Waals surface area contributed by atoms with Crippen LogP contribution in [0.1, 0.15) is 28.9 Å². The number of nitrogens with one attached hydrogen (secondary N) is 1. The molecule has 9 heteroatoms. The van der Waals surface area contributed by atoms with Gasteiger partial charge in [0, 0.05) is 31.2 Å². The second kappa shape index (κ2) is 7.20. The summed E-state index contributed by atoms with van der Waals surface area (Å²) in [5.74, 6) is -0.423. The van der Waals surface area contributed by atoms with Crippen LogP contribution in [-0.2, 0) is 10.0 Å². The summed E-state index contributed by atoms with van der Waals surface area (Å²) in [4.78, 5) is 17.1. The summed E-state index contributed by atoms with van der Waals surface area (Å²) in [6.07, 6.45) is 4.97. The van der Waals surface area contributed by atoms with Gasteiger partial charge in [0.1, 0.15) is 11.3 Å². The van der Waals surface area contributed by atoms with E-state index in [0.29, 0.717) is 35.0 Å². The fourth-order valence-corrected chi connectivity index (χ4v) is 5.23. The van der Waals surface area contributed by atoms with Crippen LogP contribution >= 0.6 is 11.6 Å². The lowest BCUT2D eigenvalue weighted by atomic mass is 10.2. The topological polar surface area (TPSA) is 83.8 Å². The van der Waals surface area contributed by atoms with Gasteiger partial charge in [-0.05, 0) is 49.6 Å². The second-order valence-corrected chi connectivity index (χ2v) is 9.13. The fraction of sp³-hybridized carbons (Fsp3) is 0.263. The summed E-state index contributed by atoms with van der Waals surface area (Å²) >= 11 is 5.96. The van der Waals surface area contributed by atoms with Crippen molar-refractivity contribution in [1.29, 1.82) is 0 Å². The van der Waals surface area contributed by atoms with E-state index in [9.17, 15) is 13.2 Å². The molecular formula is C19H19ClN4O3S. The number of sulfonamides is 1. The first-order chi connectivity index (χ1) is 13.3. The molecule has 0 spiro atoms. The van der Waals surface area contributed by atoms with Crippen LogP contribution in [-0.4, -0.2) is 41.1 Å². The molecular weight excluding hydrogens is 400 g/mol. The number of aryl methyl sites for hydroxylation is 1. The average molecular weight is 419 g/mol. The molecule has 0 aliphatic carbocycles. The van der Waals surface area contributed by atoms with Crippen LogP contribution in [0.4, 0.5) is 5.69 Å². The highest BCUT2D eigenvalue weighted by atomic mass is 35.5. The van der Waals surface area contributed by atoms with E-state index in [1.165, 1.54) is 10.4 Å². The standard InChI is InChI=1S/C19H19ClN4O3S/c1-13-4-6-15(10-17(13)28(26,27)24-8-2-3-9-24)21-19(25)16-12-23-11-14(20)5-7-18(23)22-16/h4-7,10-12H,2-3,8-9H2,1H3,(H,21,25). The predicted octanol–water partition coefficient (Wildman–Crippen LogP) is 3.33. The number of carbonyl (C=O) groups is 1. The van der Waals surface area contributed by atoms with Crippen molar-refractivity contribution >= 4 is 38.9 Å². The molecule has 1 aliphatic heterocycles. The Labute approximate surface area is 168 Å². The number of aromatic nitrogens is 2. The number of imidazole rings is 1. The van der Waals surface area contributed by atoms with E-state index in [1.54, 1.807) is 48.0 Å². The Morgan fingerprint density at radius 3 is 2.64 bits per heavy atom. The minimum Gasteiger partial charge on any atom is -0.321 e. The van der Waals surface area contributed by atoms with E-state index in [2.05, 4.69) is 10.3 Å². The summed E-state index contributed by atoms with van der Waals surface area (Å²) in [6, 6.07) is 8.30. The number of anilines is 1. The third-order valence-corrected chi connectivity index (χ3v) is 7.04. The number of hydrogen-bond donors (Lipinski definition) is 1. The zero-order valence-corrected chi connectivity index (χ0v) is 16.8. The first-order valence-electron chi connectivity index (χ1n) is 8.91. The Balaban J connectivity index is 1.61. The summed E-state index contributed by atoms with van der Waals surface area (Å²) in [5.41, 5.74) is 1.86. The number of carbonyl (C=O) groups excluding carboxylic acids is 1.